The molecule has 0 aliphatic rings. The molecule has 26 heavy (non-hydrogen) atoms. The predicted octanol–water partition coefficient (Wildman–Crippen LogP) is 1.17. The molecule has 1 amide bonds. The van der Waals surface area contributed by atoms with Gasteiger partial charge in [-0.3, -0.25) is 10.2 Å². The fraction of sp³-hybridized carbons (Fsp3) is 0.176. The van der Waals surface area contributed by atoms with Crippen molar-refractivity contribution in [1.29, 1.82) is 0 Å². The molecule has 2 rings (SSSR count). The Morgan fingerprint density at radius 3 is 2.38 bits per heavy atom. The van der Waals surface area contributed by atoms with Crippen LogP contribution in [0.25, 0.3) is 0 Å². The van der Waals surface area contributed by atoms with E-state index in [0.29, 0.717) is 5.75 Å². The topological polar surface area (TPSA) is 111 Å². The summed E-state index contributed by atoms with van der Waals surface area (Å²) in [5.74, 6) is -0.744. The lowest BCUT2D eigenvalue weighted by atomic mass is 10.2. The van der Waals surface area contributed by atoms with Gasteiger partial charge in [0.25, 0.3) is 15.9 Å². The third-order valence-corrected chi connectivity index (χ3v) is 4.53. The number of nitrogens with one attached hydrogen (secondary N) is 2. The minimum Gasteiger partial charge on any atom is -0.484 e. The number of carbonyl (C=O) groups is 2. The van der Waals surface area contributed by atoms with Crippen LogP contribution < -0.4 is 15.0 Å². The first-order valence-electron chi connectivity index (χ1n) is 7.50. The van der Waals surface area contributed by atoms with E-state index >= 15 is 0 Å². The van der Waals surface area contributed by atoms with Crippen LogP contribution in [-0.4, -0.2) is 34.0 Å². The first-order chi connectivity index (χ1) is 12.3. The van der Waals surface area contributed by atoms with Crippen LogP contribution in [-0.2, 0) is 19.6 Å². The van der Waals surface area contributed by atoms with E-state index < -0.39 is 21.9 Å². The number of sulfonamides is 1. The van der Waals surface area contributed by atoms with Crippen LogP contribution in [0.4, 0.5) is 0 Å². The van der Waals surface area contributed by atoms with Crippen molar-refractivity contribution in [3.63, 3.8) is 0 Å². The molecule has 0 heterocycles. The summed E-state index contributed by atoms with van der Waals surface area (Å²) >= 11 is 0. The summed E-state index contributed by atoms with van der Waals surface area (Å²) < 4.78 is 34.1. The van der Waals surface area contributed by atoms with Gasteiger partial charge >= 0.3 is 5.97 Å². The number of aryl methyl sites for hydroxylation is 1. The van der Waals surface area contributed by atoms with Gasteiger partial charge in [0, 0.05) is 0 Å². The third kappa shape index (κ3) is 5.30. The molecule has 0 aliphatic heterocycles. The molecule has 2 aromatic rings. The molecule has 0 unspecified atom stereocenters. The number of esters is 1. The molecule has 0 bridgehead atoms. The van der Waals surface area contributed by atoms with Crippen molar-refractivity contribution in [3.8, 4) is 5.75 Å². The van der Waals surface area contributed by atoms with Crippen LogP contribution in [0.3, 0.4) is 0 Å². The number of hydrazine groups is 1. The Balaban J connectivity index is 1.90. The zero-order chi connectivity index (χ0) is 19.2. The molecule has 0 aromatic heterocycles. The molecule has 0 saturated carbocycles. The second kappa shape index (κ2) is 8.45. The van der Waals surface area contributed by atoms with Gasteiger partial charge in [-0.15, -0.1) is 4.83 Å². The fourth-order valence-corrected chi connectivity index (χ4v) is 2.82. The molecule has 2 N–H and O–H groups in total. The lowest BCUT2D eigenvalue weighted by molar-refractivity contribution is -0.123. The Bertz CT molecular complexity index is 894. The molecule has 138 valence electrons. The monoisotopic (exact) mass is 378 g/mol. The number of rotatable bonds is 7. The van der Waals surface area contributed by atoms with Crippen molar-refractivity contribution in [2.75, 3.05) is 13.7 Å². The van der Waals surface area contributed by atoms with Gasteiger partial charge in [0.05, 0.1) is 17.6 Å². The van der Waals surface area contributed by atoms with E-state index in [1.807, 2.05) is 17.8 Å². The average molecular weight is 378 g/mol. The van der Waals surface area contributed by atoms with E-state index in [9.17, 15) is 18.0 Å². The minimum atomic E-state index is -3.98. The van der Waals surface area contributed by atoms with Gasteiger partial charge in [0.15, 0.2) is 6.61 Å². The molecule has 9 heteroatoms. The van der Waals surface area contributed by atoms with Crippen LogP contribution >= 0.6 is 0 Å². The molecule has 0 radical (unpaired) electrons. The normalized spacial score (nSPS) is 10.8. The largest absolute Gasteiger partial charge is 0.484 e. The van der Waals surface area contributed by atoms with Crippen molar-refractivity contribution in [3.05, 3.63) is 59.7 Å². The number of benzene rings is 2. The van der Waals surface area contributed by atoms with Gasteiger partial charge in [-0.05, 0) is 48.9 Å². The molecular formula is C17H18N2O6S. The highest BCUT2D eigenvalue weighted by molar-refractivity contribution is 7.89. The van der Waals surface area contributed by atoms with Gasteiger partial charge in [0.2, 0.25) is 0 Å². The second-order valence-corrected chi connectivity index (χ2v) is 6.96. The summed E-state index contributed by atoms with van der Waals surface area (Å²) in [5, 5.41) is 0. The van der Waals surface area contributed by atoms with Crippen LogP contribution in [0.2, 0.25) is 0 Å². The van der Waals surface area contributed by atoms with Crippen molar-refractivity contribution in [2.24, 2.45) is 0 Å². The van der Waals surface area contributed by atoms with Gasteiger partial charge in [-0.25, -0.2) is 13.2 Å². The molecular weight excluding hydrogens is 360 g/mol. The summed E-state index contributed by atoms with van der Waals surface area (Å²) in [7, 11) is -2.76. The van der Waals surface area contributed by atoms with E-state index in [1.165, 1.54) is 31.4 Å². The van der Waals surface area contributed by atoms with Crippen LogP contribution in [0.15, 0.2) is 53.4 Å². The zero-order valence-electron chi connectivity index (χ0n) is 14.2. The third-order valence-electron chi connectivity index (χ3n) is 3.27. The highest BCUT2D eigenvalue weighted by Gasteiger charge is 2.16. The van der Waals surface area contributed by atoms with E-state index in [2.05, 4.69) is 10.2 Å². The zero-order valence-corrected chi connectivity index (χ0v) is 15.0. The highest BCUT2D eigenvalue weighted by Crippen LogP contribution is 2.12. The number of hydrogen-bond acceptors (Lipinski definition) is 6. The van der Waals surface area contributed by atoms with Gasteiger partial charge in [0.1, 0.15) is 5.75 Å². The molecule has 8 nitrogen and oxygen atoms in total. The predicted molar refractivity (Wildman–Crippen MR) is 92.9 cm³/mol. The SMILES string of the molecule is COC(=O)c1ccc(S(=O)(=O)NNC(=O)COc2cccc(C)c2)cc1. The first-order valence-corrected chi connectivity index (χ1v) is 8.98. The van der Waals surface area contributed by atoms with E-state index in [1.54, 1.807) is 18.2 Å². The Kier molecular flexibility index (Phi) is 6.31. The molecule has 0 fully saturated rings. The van der Waals surface area contributed by atoms with Crippen LogP contribution in [0, 0.1) is 6.92 Å². The van der Waals surface area contributed by atoms with Gasteiger partial charge in [-0.2, -0.15) is 0 Å². The Hall–Kier alpha value is -2.91. The summed E-state index contributed by atoms with van der Waals surface area (Å²) in [6.07, 6.45) is 0. The maximum atomic E-state index is 12.1. The molecule has 0 atom stereocenters. The summed E-state index contributed by atoms with van der Waals surface area (Å²) in [6.45, 7) is 1.53. The summed E-state index contributed by atoms with van der Waals surface area (Å²) in [6, 6.07) is 12.2. The summed E-state index contributed by atoms with van der Waals surface area (Å²) in [4.78, 5) is 24.9. The maximum Gasteiger partial charge on any atom is 0.337 e. The van der Waals surface area contributed by atoms with Crippen molar-refractivity contribution < 1.29 is 27.5 Å². The number of ether oxygens (including phenoxy) is 2. The molecule has 0 spiro atoms. The van der Waals surface area contributed by atoms with E-state index in [0.717, 1.165) is 5.56 Å². The van der Waals surface area contributed by atoms with Crippen LogP contribution in [0.1, 0.15) is 15.9 Å². The van der Waals surface area contributed by atoms with E-state index in [4.69, 9.17) is 4.74 Å². The smallest absolute Gasteiger partial charge is 0.337 e. The molecule has 2 aromatic carbocycles. The van der Waals surface area contributed by atoms with Gasteiger partial charge < -0.3 is 9.47 Å². The maximum absolute atomic E-state index is 12.1. The second-order valence-electron chi connectivity index (χ2n) is 5.27. The first kappa shape index (κ1) is 19.4. The van der Waals surface area contributed by atoms with E-state index in [-0.39, 0.29) is 17.1 Å². The molecule has 0 aliphatic carbocycles. The standard InChI is InChI=1S/C17H18N2O6S/c1-12-4-3-5-14(10-12)25-11-16(20)18-19-26(22,23)15-8-6-13(7-9-15)17(21)24-2/h3-10,19H,11H2,1-2H3,(H,18,20). The summed E-state index contributed by atoms with van der Waals surface area (Å²) in [5.41, 5.74) is 3.24. The van der Waals surface area contributed by atoms with Gasteiger partial charge in [-0.1, -0.05) is 12.1 Å². The number of methoxy groups -OCH3 is 1. The Labute approximate surface area is 151 Å². The van der Waals surface area contributed by atoms with Crippen molar-refractivity contribution in [1.82, 2.24) is 10.3 Å². The number of hydrogen-bond donors (Lipinski definition) is 2. The van der Waals surface area contributed by atoms with Crippen molar-refractivity contribution in [2.45, 2.75) is 11.8 Å². The highest BCUT2D eigenvalue weighted by atomic mass is 32.2. The minimum absolute atomic E-state index is 0.120. The number of carbonyl (C=O) groups excluding carboxylic acids is 2. The molecule has 0 saturated heterocycles. The quantitative estimate of drug-likeness (QED) is 0.553. The number of amides is 1. The van der Waals surface area contributed by atoms with Crippen LogP contribution in [0.5, 0.6) is 5.75 Å². The lowest BCUT2D eigenvalue weighted by Gasteiger charge is -2.10. The lowest BCUT2D eigenvalue weighted by Crippen LogP contribution is -2.43. The fourth-order valence-electron chi connectivity index (χ4n) is 1.96. The Morgan fingerprint density at radius 2 is 1.77 bits per heavy atom. The average Bonchev–Trinajstić information content (AvgIpc) is 2.64. The Morgan fingerprint density at radius 1 is 1.08 bits per heavy atom. The van der Waals surface area contributed by atoms with Crippen molar-refractivity contribution >= 4 is 21.9 Å².